The van der Waals surface area contributed by atoms with Crippen molar-refractivity contribution < 1.29 is 18.7 Å². The first-order valence-corrected chi connectivity index (χ1v) is 11.1. The van der Waals surface area contributed by atoms with Crippen LogP contribution in [0.3, 0.4) is 0 Å². The highest BCUT2D eigenvalue weighted by atomic mass is 19.1. The van der Waals surface area contributed by atoms with Gasteiger partial charge in [-0.1, -0.05) is 18.2 Å². The predicted octanol–water partition coefficient (Wildman–Crippen LogP) is 3.69. The maximum absolute atomic E-state index is 13.7. The number of hydrogen-bond donors (Lipinski definition) is 3. The first-order chi connectivity index (χ1) is 15.4. The van der Waals surface area contributed by atoms with Gasteiger partial charge < -0.3 is 20.7 Å². The molecule has 0 radical (unpaired) electrons. The van der Waals surface area contributed by atoms with Crippen LogP contribution in [0, 0.1) is 5.82 Å². The Kier molecular flexibility index (Phi) is 8.22. The number of methoxy groups -OCH3 is 1. The van der Waals surface area contributed by atoms with Crippen LogP contribution >= 0.6 is 0 Å². The Morgan fingerprint density at radius 2 is 1.81 bits per heavy atom. The first-order valence-electron chi connectivity index (χ1n) is 11.1. The molecular weight excluding hydrogens is 409 g/mol. The molecule has 0 spiro atoms. The van der Waals surface area contributed by atoms with Gasteiger partial charge in [-0.2, -0.15) is 0 Å². The molecule has 0 bridgehead atoms. The van der Waals surface area contributed by atoms with Crippen LogP contribution < -0.4 is 20.7 Å². The quantitative estimate of drug-likeness (QED) is 0.519. The Bertz CT molecular complexity index is 933. The van der Waals surface area contributed by atoms with Gasteiger partial charge >= 0.3 is 0 Å². The van der Waals surface area contributed by atoms with Crippen molar-refractivity contribution in [2.75, 3.05) is 20.2 Å². The number of ether oxygens (including phenoxy) is 1. The number of carbonyl (C=O) groups is 2. The van der Waals surface area contributed by atoms with Crippen LogP contribution in [0.5, 0.6) is 5.75 Å². The summed E-state index contributed by atoms with van der Waals surface area (Å²) >= 11 is 0. The number of carbonyl (C=O) groups excluding carboxylic acids is 2. The molecule has 3 rings (SSSR count). The number of rotatable bonds is 9. The highest BCUT2D eigenvalue weighted by Gasteiger charge is 2.27. The van der Waals surface area contributed by atoms with Crippen LogP contribution in [-0.4, -0.2) is 38.1 Å². The van der Waals surface area contributed by atoms with Crippen molar-refractivity contribution in [3.8, 4) is 5.75 Å². The standard InChI is InChI=1S/C25H32FN3O3/c1-16(20-9-11-23(26)24(15-20)32-3)29-22-10-8-21(14-22)18-4-6-19(7-5-18)25(31)28-13-12-27-17(2)30/h4-7,9,11,15-16,21-22,29H,8,10,12-14H2,1-3H3,(H,27,30)(H,28,31)/t16-,21?,22+/m1/s1. The molecule has 3 N–H and O–H groups in total. The second kappa shape index (κ2) is 11.1. The average molecular weight is 442 g/mol. The summed E-state index contributed by atoms with van der Waals surface area (Å²) in [5.74, 6) is 0.101. The molecule has 32 heavy (non-hydrogen) atoms. The molecule has 1 aliphatic rings. The summed E-state index contributed by atoms with van der Waals surface area (Å²) in [6.07, 6.45) is 3.17. The number of nitrogens with one attached hydrogen (secondary N) is 3. The zero-order valence-electron chi connectivity index (χ0n) is 18.9. The van der Waals surface area contributed by atoms with E-state index in [1.165, 1.54) is 25.7 Å². The van der Waals surface area contributed by atoms with Crippen molar-refractivity contribution in [3.05, 3.63) is 65.0 Å². The number of benzene rings is 2. The van der Waals surface area contributed by atoms with E-state index in [4.69, 9.17) is 4.74 Å². The van der Waals surface area contributed by atoms with Crippen molar-refractivity contribution in [2.24, 2.45) is 0 Å². The van der Waals surface area contributed by atoms with Gasteiger partial charge in [0.15, 0.2) is 11.6 Å². The summed E-state index contributed by atoms with van der Waals surface area (Å²) in [6, 6.07) is 13.2. The van der Waals surface area contributed by atoms with E-state index in [9.17, 15) is 14.0 Å². The van der Waals surface area contributed by atoms with E-state index in [0.29, 0.717) is 30.6 Å². The summed E-state index contributed by atoms with van der Waals surface area (Å²) in [5, 5.41) is 9.11. The Balaban J connectivity index is 1.50. The Morgan fingerprint density at radius 3 is 2.50 bits per heavy atom. The summed E-state index contributed by atoms with van der Waals surface area (Å²) in [5.41, 5.74) is 2.85. The smallest absolute Gasteiger partial charge is 0.251 e. The second-order valence-electron chi connectivity index (χ2n) is 8.35. The van der Waals surface area contributed by atoms with E-state index in [2.05, 4.69) is 22.9 Å². The van der Waals surface area contributed by atoms with Crippen molar-refractivity contribution in [1.29, 1.82) is 0 Å². The Morgan fingerprint density at radius 1 is 1.09 bits per heavy atom. The lowest BCUT2D eigenvalue weighted by Crippen LogP contribution is -2.33. The fourth-order valence-corrected chi connectivity index (χ4v) is 4.25. The molecule has 172 valence electrons. The zero-order chi connectivity index (χ0) is 23.1. The number of halogens is 1. The lowest BCUT2D eigenvalue weighted by molar-refractivity contribution is -0.118. The summed E-state index contributed by atoms with van der Waals surface area (Å²) in [6.45, 7) is 4.34. The van der Waals surface area contributed by atoms with Gasteiger partial charge in [0.25, 0.3) is 5.91 Å². The monoisotopic (exact) mass is 441 g/mol. The van der Waals surface area contributed by atoms with Gasteiger partial charge in [0, 0.05) is 37.7 Å². The zero-order valence-corrected chi connectivity index (χ0v) is 18.9. The van der Waals surface area contributed by atoms with Crippen LogP contribution in [0.1, 0.15) is 66.6 Å². The second-order valence-corrected chi connectivity index (χ2v) is 8.35. The maximum atomic E-state index is 13.7. The van der Waals surface area contributed by atoms with Crippen molar-refractivity contribution in [3.63, 3.8) is 0 Å². The van der Waals surface area contributed by atoms with E-state index in [-0.39, 0.29) is 29.4 Å². The lowest BCUT2D eigenvalue weighted by atomic mass is 9.96. The van der Waals surface area contributed by atoms with Gasteiger partial charge in [-0.15, -0.1) is 0 Å². The van der Waals surface area contributed by atoms with Crippen molar-refractivity contribution in [1.82, 2.24) is 16.0 Å². The maximum Gasteiger partial charge on any atom is 0.251 e. The first kappa shape index (κ1) is 23.7. The average Bonchev–Trinajstić information content (AvgIpc) is 3.25. The highest BCUT2D eigenvalue weighted by Crippen LogP contribution is 2.35. The molecule has 1 unspecified atom stereocenters. The van der Waals surface area contributed by atoms with Gasteiger partial charge in [0.1, 0.15) is 0 Å². The van der Waals surface area contributed by atoms with E-state index in [1.54, 1.807) is 12.1 Å². The lowest BCUT2D eigenvalue weighted by Gasteiger charge is -2.21. The van der Waals surface area contributed by atoms with Gasteiger partial charge in [-0.05, 0) is 67.5 Å². The minimum absolute atomic E-state index is 0.0943. The number of amides is 2. The molecule has 6 nitrogen and oxygen atoms in total. The normalized spacial score (nSPS) is 18.8. The van der Waals surface area contributed by atoms with E-state index < -0.39 is 0 Å². The van der Waals surface area contributed by atoms with Crippen LogP contribution in [0.2, 0.25) is 0 Å². The van der Waals surface area contributed by atoms with Crippen LogP contribution in [0.4, 0.5) is 4.39 Å². The molecule has 3 atom stereocenters. The van der Waals surface area contributed by atoms with Crippen LogP contribution in [0.25, 0.3) is 0 Å². The van der Waals surface area contributed by atoms with Gasteiger partial charge in [-0.3, -0.25) is 9.59 Å². The minimum atomic E-state index is -0.353. The van der Waals surface area contributed by atoms with E-state index in [0.717, 1.165) is 24.8 Å². The molecule has 1 fully saturated rings. The molecule has 0 aromatic heterocycles. The van der Waals surface area contributed by atoms with Crippen molar-refractivity contribution >= 4 is 11.8 Å². The topological polar surface area (TPSA) is 79.5 Å². The SMILES string of the molecule is COc1cc([C@@H](C)N[C@H]2CCC(c3ccc(C(=O)NCCNC(C)=O)cc3)C2)ccc1F. The largest absolute Gasteiger partial charge is 0.494 e. The number of hydrogen-bond acceptors (Lipinski definition) is 4. The molecule has 2 amide bonds. The molecule has 2 aromatic carbocycles. The van der Waals surface area contributed by atoms with Crippen LogP contribution in [0.15, 0.2) is 42.5 Å². The Labute approximate surface area is 188 Å². The van der Waals surface area contributed by atoms with Gasteiger partial charge in [0.05, 0.1) is 7.11 Å². The van der Waals surface area contributed by atoms with Gasteiger partial charge in [-0.25, -0.2) is 4.39 Å². The molecule has 1 aliphatic carbocycles. The van der Waals surface area contributed by atoms with E-state index >= 15 is 0 Å². The molecular formula is C25H32FN3O3. The van der Waals surface area contributed by atoms with Crippen LogP contribution in [-0.2, 0) is 4.79 Å². The summed E-state index contributed by atoms with van der Waals surface area (Å²) in [4.78, 5) is 23.1. The predicted molar refractivity (Wildman–Crippen MR) is 122 cm³/mol. The fourth-order valence-electron chi connectivity index (χ4n) is 4.25. The summed E-state index contributed by atoms with van der Waals surface area (Å²) < 4.78 is 18.8. The minimum Gasteiger partial charge on any atom is -0.494 e. The Hall–Kier alpha value is -2.93. The third-order valence-corrected chi connectivity index (χ3v) is 6.02. The molecule has 7 heteroatoms. The molecule has 0 aliphatic heterocycles. The van der Waals surface area contributed by atoms with Gasteiger partial charge in [0.2, 0.25) is 5.91 Å². The van der Waals surface area contributed by atoms with E-state index in [1.807, 2.05) is 24.3 Å². The fraction of sp³-hybridized carbons (Fsp3) is 0.440. The molecule has 1 saturated carbocycles. The summed E-state index contributed by atoms with van der Waals surface area (Å²) in [7, 11) is 1.47. The third kappa shape index (κ3) is 6.29. The van der Waals surface area contributed by atoms with Crippen molar-refractivity contribution in [2.45, 2.75) is 51.1 Å². The molecule has 0 heterocycles. The molecule has 0 saturated heterocycles. The highest BCUT2D eigenvalue weighted by molar-refractivity contribution is 5.94. The third-order valence-electron chi connectivity index (χ3n) is 6.02. The molecule has 2 aromatic rings.